The minimum absolute atomic E-state index is 0.293. The standard InChI is InChI=1S/C25H27N7O2/c1-15-2-5-17(6-3-15)32-21-13-26-10-8-18(21)19-12-27-24(30-23(19)32)29-22-7-4-16-9-11-31(25(33)34)14-20(16)28-22/h4,7-8,10,12-13,15,17H,2-3,5-6,9,11,14H2,1H3,(H,33,34)(H,27,28,29,30)/t15-,17-. The first-order chi connectivity index (χ1) is 16.6. The van der Waals surface area contributed by atoms with Crippen LogP contribution in [0.5, 0.6) is 0 Å². The number of fused-ring (bicyclic) bond motifs is 4. The fourth-order valence-corrected chi connectivity index (χ4v) is 5.35. The number of amides is 1. The van der Waals surface area contributed by atoms with Crippen LogP contribution in [0.1, 0.15) is 49.9 Å². The topological polar surface area (TPSA) is 109 Å². The Balaban J connectivity index is 1.37. The highest BCUT2D eigenvalue weighted by Crippen LogP contribution is 2.38. The van der Waals surface area contributed by atoms with Gasteiger partial charge in [0.1, 0.15) is 11.5 Å². The maximum atomic E-state index is 11.4. The van der Waals surface area contributed by atoms with Crippen LogP contribution < -0.4 is 5.32 Å². The zero-order valence-electron chi connectivity index (χ0n) is 19.1. The number of rotatable bonds is 3. The van der Waals surface area contributed by atoms with Gasteiger partial charge < -0.3 is 19.9 Å². The van der Waals surface area contributed by atoms with E-state index in [1.54, 1.807) is 0 Å². The molecule has 5 heterocycles. The normalized spacial score (nSPS) is 20.4. The Morgan fingerprint density at radius 2 is 1.94 bits per heavy atom. The molecule has 2 N–H and O–H groups in total. The number of aromatic nitrogens is 5. The van der Waals surface area contributed by atoms with Gasteiger partial charge in [-0.3, -0.25) is 4.98 Å². The van der Waals surface area contributed by atoms with Crippen LogP contribution in [-0.4, -0.2) is 47.1 Å². The SMILES string of the molecule is C[C@H]1CC[C@H](n2c3cnccc3c3cnc(Nc4ccc5c(n4)CN(C(=O)O)CC5)nc32)CC1. The Morgan fingerprint density at radius 3 is 2.76 bits per heavy atom. The third-order valence-corrected chi connectivity index (χ3v) is 7.27. The Bertz CT molecular complexity index is 1390. The summed E-state index contributed by atoms with van der Waals surface area (Å²) in [4.78, 5) is 31.3. The van der Waals surface area contributed by atoms with Crippen molar-refractivity contribution in [1.29, 1.82) is 0 Å². The second-order valence-electron chi connectivity index (χ2n) is 9.49. The lowest BCUT2D eigenvalue weighted by Crippen LogP contribution is -2.35. The van der Waals surface area contributed by atoms with E-state index in [9.17, 15) is 9.90 Å². The Labute approximate surface area is 196 Å². The van der Waals surface area contributed by atoms with E-state index in [-0.39, 0.29) is 0 Å². The second-order valence-corrected chi connectivity index (χ2v) is 9.49. The highest BCUT2D eigenvalue weighted by Gasteiger charge is 2.25. The number of nitrogens with one attached hydrogen (secondary N) is 1. The molecule has 1 saturated carbocycles. The van der Waals surface area contributed by atoms with Crippen LogP contribution in [0.2, 0.25) is 0 Å². The van der Waals surface area contributed by atoms with Crippen LogP contribution >= 0.6 is 0 Å². The smallest absolute Gasteiger partial charge is 0.407 e. The van der Waals surface area contributed by atoms with Crippen molar-refractivity contribution in [3.8, 4) is 0 Å². The summed E-state index contributed by atoms with van der Waals surface area (Å²) >= 11 is 0. The summed E-state index contributed by atoms with van der Waals surface area (Å²) in [6.07, 6.45) is 10.1. The fourth-order valence-electron chi connectivity index (χ4n) is 5.35. The molecule has 0 spiro atoms. The van der Waals surface area contributed by atoms with E-state index < -0.39 is 6.09 Å². The molecule has 0 radical (unpaired) electrons. The van der Waals surface area contributed by atoms with Crippen LogP contribution in [0, 0.1) is 5.92 Å². The number of nitrogens with zero attached hydrogens (tertiary/aromatic N) is 6. The number of carboxylic acid groups (broad SMARTS) is 1. The molecule has 0 saturated heterocycles. The molecule has 1 amide bonds. The predicted octanol–water partition coefficient (Wildman–Crippen LogP) is 4.91. The molecule has 1 fully saturated rings. The maximum absolute atomic E-state index is 11.4. The van der Waals surface area contributed by atoms with Gasteiger partial charge in [-0.15, -0.1) is 0 Å². The van der Waals surface area contributed by atoms with Crippen molar-refractivity contribution in [3.05, 3.63) is 48.0 Å². The summed E-state index contributed by atoms with van der Waals surface area (Å²) < 4.78 is 2.35. The third-order valence-electron chi connectivity index (χ3n) is 7.27. The van der Waals surface area contributed by atoms with Crippen LogP contribution in [0.15, 0.2) is 36.8 Å². The highest BCUT2D eigenvalue weighted by atomic mass is 16.4. The average molecular weight is 458 g/mol. The van der Waals surface area contributed by atoms with Crippen LogP contribution in [0.25, 0.3) is 21.9 Å². The number of pyridine rings is 2. The molecule has 0 aromatic carbocycles. The molecule has 1 aliphatic heterocycles. The van der Waals surface area contributed by atoms with Gasteiger partial charge in [0.15, 0.2) is 0 Å². The monoisotopic (exact) mass is 457 g/mol. The lowest BCUT2D eigenvalue weighted by Gasteiger charge is -2.28. The summed E-state index contributed by atoms with van der Waals surface area (Å²) in [5, 5.41) is 14.7. The third kappa shape index (κ3) is 3.61. The van der Waals surface area contributed by atoms with Gasteiger partial charge in [0.25, 0.3) is 0 Å². The molecule has 0 unspecified atom stereocenters. The van der Waals surface area contributed by atoms with Crippen LogP contribution in [0.3, 0.4) is 0 Å². The van der Waals surface area contributed by atoms with E-state index in [1.807, 2.05) is 36.8 Å². The maximum Gasteiger partial charge on any atom is 0.407 e. The van der Waals surface area contributed by atoms with Crippen LogP contribution in [0.4, 0.5) is 16.6 Å². The van der Waals surface area contributed by atoms with Crippen molar-refractivity contribution in [2.75, 3.05) is 11.9 Å². The van der Waals surface area contributed by atoms with E-state index >= 15 is 0 Å². The Hall–Kier alpha value is -3.75. The number of hydrogen-bond acceptors (Lipinski definition) is 6. The number of anilines is 2. The average Bonchev–Trinajstić information content (AvgIpc) is 3.18. The molecule has 174 valence electrons. The summed E-state index contributed by atoms with van der Waals surface area (Å²) in [5.41, 5.74) is 3.87. The predicted molar refractivity (Wildman–Crippen MR) is 129 cm³/mol. The van der Waals surface area contributed by atoms with Crippen molar-refractivity contribution in [1.82, 2.24) is 29.4 Å². The minimum atomic E-state index is -0.918. The second kappa shape index (κ2) is 8.23. The molecule has 6 rings (SSSR count). The van der Waals surface area contributed by atoms with Gasteiger partial charge in [0, 0.05) is 35.8 Å². The summed E-state index contributed by atoms with van der Waals surface area (Å²) in [6, 6.07) is 6.35. The van der Waals surface area contributed by atoms with E-state index in [0.29, 0.717) is 37.3 Å². The molecule has 4 aromatic rings. The van der Waals surface area contributed by atoms with Gasteiger partial charge in [0.2, 0.25) is 5.95 Å². The molecular weight excluding hydrogens is 430 g/mol. The first-order valence-electron chi connectivity index (χ1n) is 11.9. The van der Waals surface area contributed by atoms with Crippen molar-refractivity contribution < 1.29 is 9.90 Å². The molecule has 0 atom stereocenters. The first kappa shape index (κ1) is 20.8. The van der Waals surface area contributed by atoms with E-state index in [1.165, 1.54) is 17.7 Å². The molecule has 2 aliphatic rings. The number of hydrogen-bond donors (Lipinski definition) is 2. The van der Waals surface area contributed by atoms with Gasteiger partial charge >= 0.3 is 6.09 Å². The zero-order valence-corrected chi connectivity index (χ0v) is 19.1. The molecule has 34 heavy (non-hydrogen) atoms. The van der Waals surface area contributed by atoms with Crippen molar-refractivity contribution >= 4 is 39.8 Å². The first-order valence-corrected chi connectivity index (χ1v) is 11.9. The van der Waals surface area contributed by atoms with E-state index in [0.717, 1.165) is 52.0 Å². The Kier molecular flexibility index (Phi) is 5.04. The Morgan fingerprint density at radius 1 is 1.09 bits per heavy atom. The molecule has 0 bridgehead atoms. The van der Waals surface area contributed by atoms with Gasteiger partial charge in [-0.2, -0.15) is 4.98 Å². The van der Waals surface area contributed by atoms with E-state index in [4.69, 9.17) is 4.98 Å². The summed E-state index contributed by atoms with van der Waals surface area (Å²) in [7, 11) is 0. The largest absolute Gasteiger partial charge is 0.465 e. The lowest BCUT2D eigenvalue weighted by molar-refractivity contribution is 0.139. The van der Waals surface area contributed by atoms with Crippen molar-refractivity contribution in [3.63, 3.8) is 0 Å². The lowest BCUT2D eigenvalue weighted by atomic mass is 9.87. The van der Waals surface area contributed by atoms with Gasteiger partial charge in [-0.25, -0.2) is 14.8 Å². The molecule has 4 aromatic heterocycles. The quantitative estimate of drug-likeness (QED) is 0.450. The minimum Gasteiger partial charge on any atom is -0.465 e. The number of carbonyl (C=O) groups is 1. The van der Waals surface area contributed by atoms with Crippen molar-refractivity contribution in [2.45, 2.75) is 51.6 Å². The van der Waals surface area contributed by atoms with Gasteiger partial charge in [-0.1, -0.05) is 13.0 Å². The molecule has 1 aliphatic carbocycles. The highest BCUT2D eigenvalue weighted by molar-refractivity contribution is 6.06. The zero-order chi connectivity index (χ0) is 23.2. The van der Waals surface area contributed by atoms with Crippen molar-refractivity contribution in [2.24, 2.45) is 5.92 Å². The molecule has 9 heteroatoms. The summed E-state index contributed by atoms with van der Waals surface area (Å²) in [6.45, 7) is 3.12. The van der Waals surface area contributed by atoms with Gasteiger partial charge in [-0.05, 0) is 55.7 Å². The van der Waals surface area contributed by atoms with E-state index in [2.05, 4.69) is 31.8 Å². The molecule has 9 nitrogen and oxygen atoms in total. The van der Waals surface area contributed by atoms with Crippen LogP contribution in [-0.2, 0) is 13.0 Å². The fraction of sp³-hybridized carbons (Fsp3) is 0.400. The van der Waals surface area contributed by atoms with Gasteiger partial charge in [0.05, 0.1) is 24.0 Å². The summed E-state index contributed by atoms with van der Waals surface area (Å²) in [5.74, 6) is 1.86. The molecular formula is C25H27N7O2.